The van der Waals surface area contributed by atoms with Crippen molar-refractivity contribution >= 4 is 40.0 Å². The van der Waals surface area contributed by atoms with Crippen LogP contribution < -0.4 is 10.7 Å². The highest BCUT2D eigenvalue weighted by Crippen LogP contribution is 2.33. The molecular weight excluding hydrogens is 394 g/mol. The molecule has 3 N–H and O–H groups in total. The maximum Gasteiger partial charge on any atom is 0.318 e. The highest BCUT2D eigenvalue weighted by atomic mass is 16.6. The van der Waals surface area contributed by atoms with E-state index in [1.165, 1.54) is 0 Å². The van der Waals surface area contributed by atoms with Gasteiger partial charge < -0.3 is 10.4 Å². The first-order valence-corrected chi connectivity index (χ1v) is 8.55. The largest absolute Gasteiger partial charge is 0.502 e. The molecule has 11 nitrogen and oxygen atoms in total. The average Bonchev–Trinajstić information content (AvgIpc) is 2.72. The molecule has 0 aliphatic rings. The van der Waals surface area contributed by atoms with Gasteiger partial charge in [-0.1, -0.05) is 30.3 Å². The van der Waals surface area contributed by atoms with Crippen LogP contribution in [0.25, 0.3) is 10.8 Å². The van der Waals surface area contributed by atoms with Crippen LogP contribution in [-0.4, -0.2) is 33.6 Å². The first kappa shape index (κ1) is 20.2. The molecule has 0 bridgehead atoms. The minimum Gasteiger partial charge on any atom is -0.502 e. The van der Waals surface area contributed by atoms with Gasteiger partial charge in [0.25, 0.3) is 11.6 Å². The van der Waals surface area contributed by atoms with Crippen LogP contribution in [-0.2, 0) is 4.79 Å². The van der Waals surface area contributed by atoms with Crippen LogP contribution in [0.4, 0.5) is 17.1 Å². The number of phenols is 1. The number of carbonyl (C=O) groups excluding carboxylic acids is 1. The van der Waals surface area contributed by atoms with Crippen molar-refractivity contribution in [2.45, 2.75) is 0 Å². The molecule has 0 saturated heterocycles. The summed E-state index contributed by atoms with van der Waals surface area (Å²) < 4.78 is 0. The molecule has 0 aromatic heterocycles. The molecule has 11 heteroatoms. The Hall–Kier alpha value is -4.54. The van der Waals surface area contributed by atoms with E-state index in [2.05, 4.69) is 15.8 Å². The van der Waals surface area contributed by atoms with Crippen LogP contribution in [0.15, 0.2) is 59.7 Å². The van der Waals surface area contributed by atoms with E-state index in [0.29, 0.717) is 6.07 Å². The Morgan fingerprint density at radius 2 is 1.77 bits per heavy atom. The lowest BCUT2D eigenvalue weighted by molar-refractivity contribution is -0.394. The summed E-state index contributed by atoms with van der Waals surface area (Å²) in [6, 6.07) is 14.9. The van der Waals surface area contributed by atoms with E-state index >= 15 is 0 Å². The lowest BCUT2D eigenvalue weighted by Gasteiger charge is -2.07. The van der Waals surface area contributed by atoms with Gasteiger partial charge in [0.15, 0.2) is 0 Å². The number of hydrogen-bond donors (Lipinski definition) is 3. The first-order chi connectivity index (χ1) is 14.3. The third-order valence-corrected chi connectivity index (χ3v) is 4.11. The van der Waals surface area contributed by atoms with Crippen molar-refractivity contribution in [3.05, 3.63) is 80.4 Å². The molecule has 30 heavy (non-hydrogen) atoms. The molecular formula is C19H15N5O6. The second kappa shape index (κ2) is 8.65. The molecule has 0 atom stereocenters. The molecule has 0 radical (unpaired) electrons. The number of amides is 1. The summed E-state index contributed by atoms with van der Waals surface area (Å²) >= 11 is 0. The van der Waals surface area contributed by atoms with E-state index in [0.717, 1.165) is 28.7 Å². The summed E-state index contributed by atoms with van der Waals surface area (Å²) in [6.45, 7) is -0.114. The Morgan fingerprint density at radius 1 is 1.03 bits per heavy atom. The lowest BCUT2D eigenvalue weighted by Crippen LogP contribution is -2.25. The molecule has 3 aromatic rings. The number of hydrazone groups is 1. The van der Waals surface area contributed by atoms with E-state index in [9.17, 15) is 30.1 Å². The summed E-state index contributed by atoms with van der Waals surface area (Å²) in [4.78, 5) is 32.0. The molecule has 0 aliphatic heterocycles. The van der Waals surface area contributed by atoms with Crippen molar-refractivity contribution < 1.29 is 19.7 Å². The number of rotatable bonds is 7. The predicted molar refractivity (Wildman–Crippen MR) is 110 cm³/mol. The third-order valence-electron chi connectivity index (χ3n) is 4.11. The number of fused-ring (bicyclic) bond motifs is 1. The van der Waals surface area contributed by atoms with Crippen LogP contribution in [0.5, 0.6) is 5.75 Å². The fourth-order valence-corrected chi connectivity index (χ4v) is 2.66. The van der Waals surface area contributed by atoms with E-state index in [4.69, 9.17) is 0 Å². The van der Waals surface area contributed by atoms with Crippen LogP contribution in [0.3, 0.4) is 0 Å². The van der Waals surface area contributed by atoms with E-state index in [1.54, 1.807) is 0 Å². The second-order valence-corrected chi connectivity index (χ2v) is 6.13. The summed E-state index contributed by atoms with van der Waals surface area (Å²) in [5, 5.41) is 40.3. The Kier molecular flexibility index (Phi) is 5.82. The molecule has 0 spiro atoms. The maximum atomic E-state index is 11.9. The molecule has 152 valence electrons. The van der Waals surface area contributed by atoms with Gasteiger partial charge in [0.2, 0.25) is 5.75 Å². The first-order valence-electron chi connectivity index (χ1n) is 8.55. The lowest BCUT2D eigenvalue weighted by atomic mass is 10.1. The second-order valence-electron chi connectivity index (χ2n) is 6.13. The average molecular weight is 409 g/mol. The number of phenolic OH excluding ortho intramolecular Hbond substituents is 1. The van der Waals surface area contributed by atoms with Gasteiger partial charge in [-0.05, 0) is 22.9 Å². The highest BCUT2D eigenvalue weighted by Gasteiger charge is 2.23. The van der Waals surface area contributed by atoms with Gasteiger partial charge in [-0.25, -0.2) is 5.43 Å². The molecule has 3 rings (SSSR count). The number of carbonyl (C=O) groups is 1. The fourth-order valence-electron chi connectivity index (χ4n) is 2.66. The molecule has 0 aliphatic carbocycles. The number of nitrogens with zero attached hydrogens (tertiary/aromatic N) is 3. The minimum absolute atomic E-state index is 0.114. The van der Waals surface area contributed by atoms with Gasteiger partial charge >= 0.3 is 5.69 Å². The summed E-state index contributed by atoms with van der Waals surface area (Å²) in [5.41, 5.74) is 1.19. The van der Waals surface area contributed by atoms with Crippen molar-refractivity contribution in [3.8, 4) is 5.75 Å². The summed E-state index contributed by atoms with van der Waals surface area (Å²) in [6.07, 6.45) is 0.892. The number of nitro groups is 2. The molecule has 0 fully saturated rings. The monoisotopic (exact) mass is 409 g/mol. The topological polar surface area (TPSA) is 160 Å². The van der Waals surface area contributed by atoms with Crippen LogP contribution >= 0.6 is 0 Å². The van der Waals surface area contributed by atoms with Crippen molar-refractivity contribution in [2.24, 2.45) is 5.10 Å². The molecule has 1 amide bonds. The molecule has 3 aromatic carbocycles. The Morgan fingerprint density at radius 3 is 2.47 bits per heavy atom. The number of hydrogen-bond acceptors (Lipinski definition) is 8. The van der Waals surface area contributed by atoms with Gasteiger partial charge in [0.05, 0.1) is 34.2 Å². The zero-order chi connectivity index (χ0) is 21.7. The quantitative estimate of drug-likeness (QED) is 0.307. The maximum absolute atomic E-state index is 11.9. The van der Waals surface area contributed by atoms with Crippen LogP contribution in [0.2, 0.25) is 0 Å². The minimum atomic E-state index is -0.953. The highest BCUT2D eigenvalue weighted by molar-refractivity contribution is 5.89. The Labute approximate surface area is 168 Å². The molecule has 0 saturated carbocycles. The normalized spacial score (nSPS) is 10.8. The smallest absolute Gasteiger partial charge is 0.318 e. The van der Waals surface area contributed by atoms with Crippen LogP contribution in [0.1, 0.15) is 5.56 Å². The number of nitrogens with one attached hydrogen (secondary N) is 2. The van der Waals surface area contributed by atoms with Gasteiger partial charge in [-0.3, -0.25) is 25.0 Å². The number of non-ortho nitro benzene ring substituents is 1. The van der Waals surface area contributed by atoms with Gasteiger partial charge in [0.1, 0.15) is 0 Å². The molecule has 0 unspecified atom stereocenters. The van der Waals surface area contributed by atoms with E-state index < -0.39 is 32.9 Å². The van der Waals surface area contributed by atoms with Gasteiger partial charge in [-0.2, -0.15) is 5.10 Å². The Balaban J connectivity index is 1.65. The number of aromatic hydroxyl groups is 1. The SMILES string of the molecule is O=C(CNc1ccc2ccccc2c1)NN=Cc1cc([N+](=O)[O-])cc([N+](=O)[O-])c1O. The van der Waals surface area contributed by atoms with E-state index in [-0.39, 0.29) is 12.1 Å². The number of anilines is 1. The fraction of sp³-hybridized carbons (Fsp3) is 0.0526. The number of nitro benzene ring substituents is 2. The van der Waals surface area contributed by atoms with Crippen LogP contribution in [0, 0.1) is 20.2 Å². The third kappa shape index (κ3) is 4.65. The summed E-state index contributed by atoms with van der Waals surface area (Å²) in [5.74, 6) is -1.32. The van der Waals surface area contributed by atoms with Gasteiger partial charge in [0, 0.05) is 11.8 Å². The zero-order valence-electron chi connectivity index (χ0n) is 15.3. The molecule has 0 heterocycles. The Bertz CT molecular complexity index is 1180. The van der Waals surface area contributed by atoms with Crippen molar-refractivity contribution in [1.29, 1.82) is 0 Å². The number of benzene rings is 3. The zero-order valence-corrected chi connectivity index (χ0v) is 15.3. The standard InChI is InChI=1S/C19H15N5O6/c25-18(11-20-15-6-5-12-3-1-2-4-13(12)7-15)22-21-10-14-8-16(23(27)28)9-17(19(14)26)24(29)30/h1-10,20,26H,11H2,(H,22,25). The van der Waals surface area contributed by atoms with Crippen molar-refractivity contribution in [3.63, 3.8) is 0 Å². The predicted octanol–water partition coefficient (Wildman–Crippen LogP) is 2.92. The summed E-state index contributed by atoms with van der Waals surface area (Å²) in [7, 11) is 0. The van der Waals surface area contributed by atoms with E-state index in [1.807, 2.05) is 42.5 Å². The van der Waals surface area contributed by atoms with Crippen molar-refractivity contribution in [2.75, 3.05) is 11.9 Å². The van der Waals surface area contributed by atoms with Crippen molar-refractivity contribution in [1.82, 2.24) is 5.43 Å². The van der Waals surface area contributed by atoms with Gasteiger partial charge in [-0.15, -0.1) is 0 Å².